The lowest BCUT2D eigenvalue weighted by molar-refractivity contribution is -0.118. The van der Waals surface area contributed by atoms with Gasteiger partial charge in [-0.15, -0.1) is 0 Å². The molecule has 116 valence electrons. The van der Waals surface area contributed by atoms with E-state index in [0.29, 0.717) is 13.1 Å². The number of aryl methyl sites for hydroxylation is 1. The lowest BCUT2D eigenvalue weighted by atomic mass is 10.2. The van der Waals surface area contributed by atoms with Crippen molar-refractivity contribution < 1.29 is 9.59 Å². The van der Waals surface area contributed by atoms with Gasteiger partial charge in [0.25, 0.3) is 0 Å². The van der Waals surface area contributed by atoms with Gasteiger partial charge in [-0.25, -0.2) is 9.78 Å². The maximum absolute atomic E-state index is 11.8. The fourth-order valence-electron chi connectivity index (χ4n) is 1.78. The van der Waals surface area contributed by atoms with Crippen molar-refractivity contribution in [2.75, 3.05) is 18.4 Å². The van der Waals surface area contributed by atoms with Crippen LogP contribution in [0.5, 0.6) is 0 Å². The van der Waals surface area contributed by atoms with E-state index in [1.807, 2.05) is 37.3 Å². The van der Waals surface area contributed by atoms with Gasteiger partial charge in [-0.3, -0.25) is 10.1 Å². The van der Waals surface area contributed by atoms with Gasteiger partial charge in [0.1, 0.15) is 10.0 Å². The molecule has 6 nitrogen and oxygen atoms in total. The normalized spacial score (nSPS) is 10.1. The lowest BCUT2D eigenvalue weighted by Gasteiger charge is -2.06. The molecule has 3 N–H and O–H groups in total. The molecule has 0 bridgehead atoms. The number of carbonyl (C=O) groups is 2. The van der Waals surface area contributed by atoms with Gasteiger partial charge in [-0.1, -0.05) is 41.7 Å². The summed E-state index contributed by atoms with van der Waals surface area (Å²) >= 11 is 1.43. The summed E-state index contributed by atoms with van der Waals surface area (Å²) in [5, 5.41) is 9.65. The zero-order valence-electron chi connectivity index (χ0n) is 12.5. The highest BCUT2D eigenvalue weighted by molar-refractivity contribution is 7.19. The number of rotatable bonds is 5. The Labute approximate surface area is 133 Å². The van der Waals surface area contributed by atoms with Gasteiger partial charge in [-0.05, 0) is 6.92 Å². The van der Waals surface area contributed by atoms with Gasteiger partial charge in [0.05, 0.1) is 5.69 Å². The molecule has 0 aliphatic rings. The summed E-state index contributed by atoms with van der Waals surface area (Å²) in [5.74, 6) is -0.118. The second-order valence-electron chi connectivity index (χ2n) is 4.66. The van der Waals surface area contributed by atoms with Crippen molar-refractivity contribution in [3.8, 4) is 10.6 Å². The summed E-state index contributed by atoms with van der Waals surface area (Å²) in [6, 6.07) is 9.51. The first-order valence-electron chi connectivity index (χ1n) is 6.88. The SMILES string of the molecule is CC(=O)NCCNC(=O)Nc1sc(-c2ccccc2)nc1C. The van der Waals surface area contributed by atoms with Crippen LogP contribution in [0.15, 0.2) is 30.3 Å². The van der Waals surface area contributed by atoms with Crippen LogP contribution in [0.25, 0.3) is 10.6 Å². The van der Waals surface area contributed by atoms with Crippen molar-refractivity contribution in [3.63, 3.8) is 0 Å². The predicted molar refractivity (Wildman–Crippen MR) is 88.0 cm³/mol. The Morgan fingerprint density at radius 2 is 1.82 bits per heavy atom. The van der Waals surface area contributed by atoms with E-state index in [2.05, 4.69) is 20.9 Å². The maximum Gasteiger partial charge on any atom is 0.319 e. The van der Waals surface area contributed by atoms with E-state index < -0.39 is 0 Å². The average Bonchev–Trinajstić information content (AvgIpc) is 2.85. The van der Waals surface area contributed by atoms with E-state index in [0.717, 1.165) is 21.3 Å². The minimum atomic E-state index is -0.309. The number of thiazole rings is 1. The van der Waals surface area contributed by atoms with E-state index in [-0.39, 0.29) is 11.9 Å². The van der Waals surface area contributed by atoms with Crippen LogP contribution in [0, 0.1) is 6.92 Å². The quantitative estimate of drug-likeness (QED) is 0.740. The first-order valence-corrected chi connectivity index (χ1v) is 7.70. The average molecular weight is 318 g/mol. The fraction of sp³-hybridized carbons (Fsp3) is 0.267. The zero-order valence-corrected chi connectivity index (χ0v) is 13.3. The van der Waals surface area contributed by atoms with Crippen LogP contribution < -0.4 is 16.0 Å². The van der Waals surface area contributed by atoms with Crippen molar-refractivity contribution in [1.82, 2.24) is 15.6 Å². The Morgan fingerprint density at radius 1 is 1.14 bits per heavy atom. The maximum atomic E-state index is 11.8. The largest absolute Gasteiger partial charge is 0.355 e. The highest BCUT2D eigenvalue weighted by atomic mass is 32.1. The third-order valence-electron chi connectivity index (χ3n) is 2.83. The number of amides is 3. The molecule has 2 aromatic rings. The molecule has 3 amide bonds. The smallest absolute Gasteiger partial charge is 0.319 e. The van der Waals surface area contributed by atoms with Crippen molar-refractivity contribution in [1.29, 1.82) is 0 Å². The number of nitrogens with one attached hydrogen (secondary N) is 3. The molecule has 1 heterocycles. The van der Waals surface area contributed by atoms with E-state index in [1.54, 1.807) is 0 Å². The number of carbonyl (C=O) groups excluding carboxylic acids is 2. The van der Waals surface area contributed by atoms with Crippen LogP contribution in [0.2, 0.25) is 0 Å². The summed E-state index contributed by atoms with van der Waals surface area (Å²) in [5.41, 5.74) is 1.80. The highest BCUT2D eigenvalue weighted by Crippen LogP contribution is 2.31. The van der Waals surface area contributed by atoms with Gasteiger partial charge in [0, 0.05) is 25.6 Å². The van der Waals surface area contributed by atoms with E-state index in [4.69, 9.17) is 0 Å². The minimum absolute atomic E-state index is 0.118. The molecule has 0 unspecified atom stereocenters. The summed E-state index contributed by atoms with van der Waals surface area (Å²) < 4.78 is 0. The molecule has 0 aliphatic carbocycles. The second-order valence-corrected chi connectivity index (χ2v) is 5.66. The second kappa shape index (κ2) is 7.56. The van der Waals surface area contributed by atoms with Crippen LogP contribution >= 0.6 is 11.3 Å². The Morgan fingerprint density at radius 3 is 2.50 bits per heavy atom. The summed E-state index contributed by atoms with van der Waals surface area (Å²) in [7, 11) is 0. The first kappa shape index (κ1) is 16.0. The Bertz CT molecular complexity index is 655. The van der Waals surface area contributed by atoms with Crippen LogP contribution in [0.1, 0.15) is 12.6 Å². The molecule has 7 heteroatoms. The number of hydrogen-bond donors (Lipinski definition) is 3. The minimum Gasteiger partial charge on any atom is -0.355 e. The Kier molecular flexibility index (Phi) is 5.48. The van der Waals surface area contributed by atoms with E-state index in [9.17, 15) is 9.59 Å². The van der Waals surface area contributed by atoms with Crippen LogP contribution in [0.4, 0.5) is 9.80 Å². The number of nitrogens with zero attached hydrogens (tertiary/aromatic N) is 1. The zero-order chi connectivity index (χ0) is 15.9. The Hall–Kier alpha value is -2.41. The third kappa shape index (κ3) is 4.56. The molecule has 0 atom stereocenters. The number of benzene rings is 1. The Balaban J connectivity index is 1.92. The van der Waals surface area contributed by atoms with Crippen LogP contribution in [-0.2, 0) is 4.79 Å². The van der Waals surface area contributed by atoms with Crippen molar-refractivity contribution >= 4 is 28.3 Å². The molecule has 22 heavy (non-hydrogen) atoms. The predicted octanol–water partition coefficient (Wildman–Crippen LogP) is 2.38. The van der Waals surface area contributed by atoms with Crippen molar-refractivity contribution in [2.24, 2.45) is 0 Å². The summed E-state index contributed by atoms with van der Waals surface area (Å²) in [6.07, 6.45) is 0. The molecule has 0 radical (unpaired) electrons. The molecule has 0 fully saturated rings. The standard InChI is InChI=1S/C15H18N4O2S/c1-10-13(19-15(21)17-9-8-16-11(2)20)22-14(18-10)12-6-4-3-5-7-12/h3-7H,8-9H2,1-2H3,(H,16,20)(H2,17,19,21). The van der Waals surface area contributed by atoms with Crippen molar-refractivity contribution in [2.45, 2.75) is 13.8 Å². The van der Waals surface area contributed by atoms with Gasteiger partial charge in [0.15, 0.2) is 0 Å². The molecule has 0 saturated carbocycles. The van der Waals surface area contributed by atoms with Gasteiger partial charge < -0.3 is 10.6 Å². The van der Waals surface area contributed by atoms with Gasteiger partial charge >= 0.3 is 6.03 Å². The molecule has 2 rings (SSSR count). The van der Waals surface area contributed by atoms with Crippen LogP contribution in [-0.4, -0.2) is 30.0 Å². The molecule has 1 aromatic heterocycles. The topological polar surface area (TPSA) is 83.1 Å². The molecule has 0 aliphatic heterocycles. The van der Waals surface area contributed by atoms with Crippen molar-refractivity contribution in [3.05, 3.63) is 36.0 Å². The monoisotopic (exact) mass is 318 g/mol. The van der Waals surface area contributed by atoms with Crippen LogP contribution in [0.3, 0.4) is 0 Å². The van der Waals surface area contributed by atoms with Gasteiger partial charge in [-0.2, -0.15) is 0 Å². The number of anilines is 1. The summed E-state index contributed by atoms with van der Waals surface area (Å²) in [4.78, 5) is 27.0. The number of aromatic nitrogens is 1. The lowest BCUT2D eigenvalue weighted by Crippen LogP contribution is -2.36. The van der Waals surface area contributed by atoms with E-state index in [1.165, 1.54) is 18.3 Å². The number of urea groups is 1. The van der Waals surface area contributed by atoms with E-state index >= 15 is 0 Å². The highest BCUT2D eigenvalue weighted by Gasteiger charge is 2.11. The molecule has 1 aromatic carbocycles. The molecule has 0 saturated heterocycles. The number of hydrogen-bond acceptors (Lipinski definition) is 4. The third-order valence-corrected chi connectivity index (χ3v) is 3.95. The molecular weight excluding hydrogens is 300 g/mol. The first-order chi connectivity index (χ1) is 10.6. The van der Waals surface area contributed by atoms with Gasteiger partial charge in [0.2, 0.25) is 5.91 Å². The molecular formula is C15H18N4O2S. The summed E-state index contributed by atoms with van der Waals surface area (Å²) in [6.45, 7) is 4.07. The molecule has 0 spiro atoms. The fourth-order valence-corrected chi connectivity index (χ4v) is 2.75.